The Balaban J connectivity index is 0.00000220. The van der Waals surface area contributed by atoms with E-state index in [0.717, 1.165) is 31.7 Å². The largest absolute Gasteiger partial charge is 0.352 e. The number of nitrogens with two attached hydrogens (primary N) is 1. The lowest BCUT2D eigenvalue weighted by molar-refractivity contribution is -0.124. The van der Waals surface area contributed by atoms with Crippen molar-refractivity contribution in [3.8, 4) is 0 Å². The Bertz CT molecular complexity index is 306. The number of piperidine rings is 1. The van der Waals surface area contributed by atoms with Crippen molar-refractivity contribution in [2.75, 3.05) is 19.6 Å². The van der Waals surface area contributed by atoms with Gasteiger partial charge in [-0.2, -0.15) is 0 Å². The third kappa shape index (κ3) is 6.13. The quantitative estimate of drug-likeness (QED) is 0.782. The molecule has 1 saturated heterocycles. The summed E-state index contributed by atoms with van der Waals surface area (Å²) < 4.78 is 0. The molecular formula is C16H32ClN3O. The fraction of sp³-hybridized carbons (Fsp3) is 0.938. The van der Waals surface area contributed by atoms with Crippen molar-refractivity contribution in [2.45, 2.75) is 70.4 Å². The summed E-state index contributed by atoms with van der Waals surface area (Å²) in [4.78, 5) is 14.5. The highest BCUT2D eigenvalue weighted by Crippen LogP contribution is 2.22. The number of carbonyl (C=O) groups excluding carboxylic acids is 1. The van der Waals surface area contributed by atoms with Gasteiger partial charge < -0.3 is 11.1 Å². The summed E-state index contributed by atoms with van der Waals surface area (Å²) in [7, 11) is 0. The molecule has 124 valence electrons. The standard InChI is InChI=1S/C16H31N3O.ClH/c1-13-8-9-19(15(10-13)11-17)12-16(20)18-14-6-4-2-3-5-7-14;/h13-15H,2-12,17H2,1H3,(H,18,20);1H. The maximum absolute atomic E-state index is 12.2. The third-order valence-electron chi connectivity index (χ3n) is 4.94. The summed E-state index contributed by atoms with van der Waals surface area (Å²) in [6, 6.07) is 0.795. The van der Waals surface area contributed by atoms with Crippen LogP contribution >= 0.6 is 12.4 Å². The molecule has 2 aliphatic rings. The van der Waals surface area contributed by atoms with E-state index in [-0.39, 0.29) is 18.3 Å². The number of carbonyl (C=O) groups is 1. The lowest BCUT2D eigenvalue weighted by Crippen LogP contribution is -2.51. The topological polar surface area (TPSA) is 58.4 Å². The van der Waals surface area contributed by atoms with Crippen LogP contribution in [0.3, 0.4) is 0 Å². The van der Waals surface area contributed by atoms with Gasteiger partial charge in [0, 0.05) is 18.6 Å². The van der Waals surface area contributed by atoms with Crippen molar-refractivity contribution in [1.82, 2.24) is 10.2 Å². The number of halogens is 1. The van der Waals surface area contributed by atoms with E-state index in [9.17, 15) is 4.79 Å². The van der Waals surface area contributed by atoms with E-state index in [2.05, 4.69) is 17.1 Å². The van der Waals surface area contributed by atoms with Gasteiger partial charge in [-0.25, -0.2) is 0 Å². The minimum Gasteiger partial charge on any atom is -0.352 e. The van der Waals surface area contributed by atoms with Crippen LogP contribution in [0.4, 0.5) is 0 Å². The first-order chi connectivity index (χ1) is 9.69. The minimum absolute atomic E-state index is 0. The van der Waals surface area contributed by atoms with Crippen LogP contribution in [0.1, 0.15) is 58.3 Å². The van der Waals surface area contributed by atoms with Gasteiger partial charge in [-0.15, -0.1) is 12.4 Å². The number of likely N-dealkylation sites (tertiary alicyclic amines) is 1. The molecular weight excluding hydrogens is 286 g/mol. The van der Waals surface area contributed by atoms with Gasteiger partial charge in [0.05, 0.1) is 6.54 Å². The summed E-state index contributed by atoms with van der Waals surface area (Å²) >= 11 is 0. The van der Waals surface area contributed by atoms with E-state index in [1.165, 1.54) is 32.1 Å². The zero-order valence-electron chi connectivity index (χ0n) is 13.4. The first kappa shape index (κ1) is 18.7. The Morgan fingerprint density at radius 2 is 1.86 bits per heavy atom. The second-order valence-corrected chi connectivity index (χ2v) is 6.75. The highest BCUT2D eigenvalue weighted by atomic mass is 35.5. The first-order valence-electron chi connectivity index (χ1n) is 8.42. The second kappa shape index (κ2) is 9.65. The lowest BCUT2D eigenvalue weighted by Gasteiger charge is -2.37. The summed E-state index contributed by atoms with van der Waals surface area (Å²) in [5.74, 6) is 0.939. The molecule has 0 aromatic carbocycles. The molecule has 0 spiro atoms. The van der Waals surface area contributed by atoms with Crippen molar-refractivity contribution in [2.24, 2.45) is 11.7 Å². The Labute approximate surface area is 135 Å². The Morgan fingerprint density at radius 3 is 2.48 bits per heavy atom. The molecule has 4 nitrogen and oxygen atoms in total. The molecule has 0 aromatic heterocycles. The molecule has 1 aliphatic heterocycles. The molecule has 2 fully saturated rings. The van der Waals surface area contributed by atoms with Crippen LogP contribution in [-0.4, -0.2) is 42.5 Å². The van der Waals surface area contributed by atoms with E-state index in [1.807, 2.05) is 0 Å². The van der Waals surface area contributed by atoms with Gasteiger partial charge in [-0.1, -0.05) is 32.6 Å². The number of amides is 1. The summed E-state index contributed by atoms with van der Waals surface area (Å²) in [6.45, 7) is 4.50. The van der Waals surface area contributed by atoms with Gasteiger partial charge in [0.15, 0.2) is 0 Å². The second-order valence-electron chi connectivity index (χ2n) is 6.75. The molecule has 2 rings (SSSR count). The highest BCUT2D eigenvalue weighted by Gasteiger charge is 2.27. The van der Waals surface area contributed by atoms with Crippen molar-refractivity contribution in [1.29, 1.82) is 0 Å². The highest BCUT2D eigenvalue weighted by molar-refractivity contribution is 5.85. The van der Waals surface area contributed by atoms with E-state index in [4.69, 9.17) is 5.73 Å². The number of rotatable bonds is 4. The number of nitrogens with zero attached hydrogens (tertiary/aromatic N) is 1. The van der Waals surface area contributed by atoms with Crippen LogP contribution in [0.25, 0.3) is 0 Å². The third-order valence-corrected chi connectivity index (χ3v) is 4.94. The maximum Gasteiger partial charge on any atom is 0.234 e. The predicted molar refractivity (Wildman–Crippen MR) is 89.7 cm³/mol. The van der Waals surface area contributed by atoms with Gasteiger partial charge in [0.1, 0.15) is 0 Å². The molecule has 0 bridgehead atoms. The van der Waals surface area contributed by atoms with Crippen LogP contribution in [0.15, 0.2) is 0 Å². The van der Waals surface area contributed by atoms with E-state index < -0.39 is 0 Å². The molecule has 3 N–H and O–H groups in total. The maximum atomic E-state index is 12.2. The molecule has 1 amide bonds. The van der Waals surface area contributed by atoms with E-state index >= 15 is 0 Å². The monoisotopic (exact) mass is 317 g/mol. The van der Waals surface area contributed by atoms with Crippen LogP contribution in [0.5, 0.6) is 0 Å². The van der Waals surface area contributed by atoms with Gasteiger partial charge in [0.2, 0.25) is 5.91 Å². The average Bonchev–Trinajstić information content (AvgIpc) is 2.69. The fourth-order valence-corrected chi connectivity index (χ4v) is 3.64. The minimum atomic E-state index is 0. The summed E-state index contributed by atoms with van der Waals surface area (Å²) in [6.07, 6.45) is 9.80. The SMILES string of the molecule is CC1CCN(CC(=O)NC2CCCCCC2)C(CN)C1.Cl. The van der Waals surface area contributed by atoms with Crippen molar-refractivity contribution in [3.63, 3.8) is 0 Å². The fourth-order valence-electron chi connectivity index (χ4n) is 3.64. The average molecular weight is 318 g/mol. The van der Waals surface area contributed by atoms with Gasteiger partial charge in [0.25, 0.3) is 0 Å². The Kier molecular flexibility index (Phi) is 8.60. The van der Waals surface area contributed by atoms with Crippen molar-refractivity contribution < 1.29 is 4.79 Å². The molecule has 0 aromatic rings. The number of hydrogen-bond donors (Lipinski definition) is 2. The zero-order valence-corrected chi connectivity index (χ0v) is 14.2. The summed E-state index contributed by atoms with van der Waals surface area (Å²) in [5.41, 5.74) is 5.86. The Hall–Kier alpha value is -0.320. The van der Waals surface area contributed by atoms with Crippen LogP contribution < -0.4 is 11.1 Å². The molecule has 2 atom stereocenters. The van der Waals surface area contributed by atoms with E-state index in [1.54, 1.807) is 0 Å². The number of nitrogens with one attached hydrogen (secondary N) is 1. The molecule has 2 unspecified atom stereocenters. The molecule has 1 aliphatic carbocycles. The predicted octanol–water partition coefficient (Wildman–Crippen LogP) is 2.31. The van der Waals surface area contributed by atoms with E-state index in [0.29, 0.717) is 25.2 Å². The zero-order chi connectivity index (χ0) is 14.4. The lowest BCUT2D eigenvalue weighted by atomic mass is 9.92. The molecule has 1 heterocycles. The first-order valence-corrected chi connectivity index (χ1v) is 8.42. The number of hydrogen-bond acceptors (Lipinski definition) is 3. The molecule has 1 saturated carbocycles. The van der Waals surface area contributed by atoms with Crippen LogP contribution in [0.2, 0.25) is 0 Å². The molecule has 0 radical (unpaired) electrons. The Morgan fingerprint density at radius 1 is 1.19 bits per heavy atom. The van der Waals surface area contributed by atoms with Crippen LogP contribution in [-0.2, 0) is 4.79 Å². The molecule has 5 heteroatoms. The molecule has 21 heavy (non-hydrogen) atoms. The summed E-state index contributed by atoms with van der Waals surface area (Å²) in [5, 5.41) is 3.24. The van der Waals surface area contributed by atoms with Gasteiger partial charge in [-0.3, -0.25) is 9.69 Å². The van der Waals surface area contributed by atoms with Gasteiger partial charge in [-0.05, 0) is 38.1 Å². The van der Waals surface area contributed by atoms with Gasteiger partial charge >= 0.3 is 0 Å². The normalized spacial score (nSPS) is 28.5. The van der Waals surface area contributed by atoms with Crippen LogP contribution in [0, 0.1) is 5.92 Å². The van der Waals surface area contributed by atoms with Crippen molar-refractivity contribution in [3.05, 3.63) is 0 Å². The van der Waals surface area contributed by atoms with Crippen molar-refractivity contribution >= 4 is 18.3 Å². The smallest absolute Gasteiger partial charge is 0.234 e.